The molecule has 0 unspecified atom stereocenters. The first-order valence-electron chi connectivity index (χ1n) is 11.8. The molecule has 35 heavy (non-hydrogen) atoms. The van der Waals surface area contributed by atoms with Crippen LogP contribution in [-0.2, 0) is 25.4 Å². The second-order valence-corrected chi connectivity index (χ2v) is 9.65. The van der Waals surface area contributed by atoms with Crippen molar-refractivity contribution in [3.8, 4) is 11.1 Å². The fourth-order valence-electron chi connectivity index (χ4n) is 3.59. The van der Waals surface area contributed by atoms with Gasteiger partial charge in [-0.1, -0.05) is 35.9 Å². The first-order chi connectivity index (χ1) is 16.5. The molecule has 0 aliphatic rings. The number of hydrogen-bond acceptors (Lipinski definition) is 5. The molecule has 1 N–H and O–H groups in total. The van der Waals surface area contributed by atoms with Crippen molar-refractivity contribution in [1.29, 1.82) is 0 Å². The number of carbonyl (C=O) groups is 2. The molecule has 0 spiro atoms. The van der Waals surface area contributed by atoms with Crippen LogP contribution in [0.5, 0.6) is 0 Å². The summed E-state index contributed by atoms with van der Waals surface area (Å²) in [7, 11) is 0. The Morgan fingerprint density at radius 2 is 1.74 bits per heavy atom. The first-order valence-corrected chi connectivity index (χ1v) is 12.2. The molecular formula is C27H35ClFNO5. The van der Waals surface area contributed by atoms with Crippen LogP contribution in [0.25, 0.3) is 11.1 Å². The molecule has 0 bridgehead atoms. The molecule has 0 radical (unpaired) electrons. The maximum atomic E-state index is 14.3. The third-order valence-electron chi connectivity index (χ3n) is 5.11. The monoisotopic (exact) mass is 507 g/mol. The molecule has 2 rings (SSSR count). The van der Waals surface area contributed by atoms with Gasteiger partial charge in [0.25, 0.3) is 0 Å². The summed E-state index contributed by atoms with van der Waals surface area (Å²) in [6, 6.07) is 11.3. The van der Waals surface area contributed by atoms with E-state index >= 15 is 0 Å². The van der Waals surface area contributed by atoms with E-state index in [1.54, 1.807) is 45.9 Å². The van der Waals surface area contributed by atoms with E-state index in [0.29, 0.717) is 35.6 Å². The Hall–Kier alpha value is -2.64. The molecule has 0 aliphatic carbocycles. The number of carbonyl (C=O) groups excluding carboxylic acids is 2. The van der Waals surface area contributed by atoms with Crippen molar-refractivity contribution >= 4 is 23.7 Å². The highest BCUT2D eigenvalue weighted by Gasteiger charge is 2.27. The molecule has 192 valence electrons. The molecular weight excluding hydrogens is 473 g/mol. The van der Waals surface area contributed by atoms with Crippen LogP contribution in [0.3, 0.4) is 0 Å². The molecule has 0 saturated carbocycles. The number of ether oxygens (including phenoxy) is 3. The summed E-state index contributed by atoms with van der Waals surface area (Å²) < 4.78 is 30.4. The maximum absolute atomic E-state index is 14.3. The Bertz CT molecular complexity index is 975. The number of esters is 1. The summed E-state index contributed by atoms with van der Waals surface area (Å²) in [5.41, 5.74) is 1.33. The molecule has 2 aromatic rings. The van der Waals surface area contributed by atoms with Crippen LogP contribution in [0.2, 0.25) is 5.02 Å². The highest BCUT2D eigenvalue weighted by atomic mass is 35.5. The van der Waals surface area contributed by atoms with Gasteiger partial charge < -0.3 is 19.5 Å². The number of halogens is 2. The first kappa shape index (κ1) is 28.6. The molecule has 2 aromatic carbocycles. The predicted molar refractivity (Wildman–Crippen MR) is 135 cm³/mol. The van der Waals surface area contributed by atoms with Crippen molar-refractivity contribution < 1.29 is 28.2 Å². The molecule has 8 heteroatoms. The van der Waals surface area contributed by atoms with Crippen LogP contribution in [0.15, 0.2) is 42.5 Å². The topological polar surface area (TPSA) is 73.9 Å². The number of nitrogens with one attached hydrogen (secondary N) is 1. The predicted octanol–water partition coefficient (Wildman–Crippen LogP) is 6.19. The van der Waals surface area contributed by atoms with E-state index in [1.807, 2.05) is 19.1 Å². The van der Waals surface area contributed by atoms with Crippen LogP contribution in [0.4, 0.5) is 9.18 Å². The minimum atomic E-state index is -0.664. The standard InChI is InChI=1S/C27H35ClFNO5/c1-6-33-17-20(25(31)34-7-2)15-22(30-26(32)35-27(3,4)5)14-18-8-10-19(11-9-18)23-16-21(28)12-13-24(23)29/h8-13,16,20,22H,6-7,14-15,17H2,1-5H3,(H,30,32)/t20-,22+/m0/s1. The summed E-state index contributed by atoms with van der Waals surface area (Å²) in [5, 5.41) is 3.34. The third-order valence-corrected chi connectivity index (χ3v) is 5.34. The Labute approximate surface area is 212 Å². The molecule has 2 atom stereocenters. The number of amides is 1. The molecule has 0 aromatic heterocycles. The lowest BCUT2D eigenvalue weighted by atomic mass is 9.94. The zero-order valence-corrected chi connectivity index (χ0v) is 21.8. The lowest BCUT2D eigenvalue weighted by molar-refractivity contribution is -0.150. The summed E-state index contributed by atoms with van der Waals surface area (Å²) >= 11 is 6.03. The van der Waals surface area contributed by atoms with Crippen LogP contribution in [0, 0.1) is 11.7 Å². The van der Waals surface area contributed by atoms with Crippen LogP contribution in [0.1, 0.15) is 46.6 Å². The molecule has 0 aliphatic heterocycles. The van der Waals surface area contributed by atoms with E-state index in [9.17, 15) is 14.0 Å². The van der Waals surface area contributed by atoms with E-state index in [-0.39, 0.29) is 25.0 Å². The SMILES string of the molecule is CCOC[C@H](C[C@@H](Cc1ccc(-c2cc(Cl)ccc2F)cc1)NC(=O)OC(C)(C)C)C(=O)OCC. The van der Waals surface area contributed by atoms with Gasteiger partial charge in [0, 0.05) is 23.2 Å². The molecule has 0 saturated heterocycles. The number of benzene rings is 2. The summed E-state index contributed by atoms with van der Waals surface area (Å²) in [5.74, 6) is -1.28. The Balaban J connectivity index is 2.23. The summed E-state index contributed by atoms with van der Waals surface area (Å²) in [6.07, 6.45) is 0.168. The van der Waals surface area contributed by atoms with Gasteiger partial charge in [0.15, 0.2) is 0 Å². The van der Waals surface area contributed by atoms with Gasteiger partial charge in [-0.2, -0.15) is 0 Å². The molecule has 0 heterocycles. The number of alkyl carbamates (subject to hydrolysis) is 1. The van der Waals surface area contributed by atoms with Gasteiger partial charge in [-0.15, -0.1) is 0 Å². The van der Waals surface area contributed by atoms with Gasteiger partial charge in [0.1, 0.15) is 11.4 Å². The van der Waals surface area contributed by atoms with Crippen molar-refractivity contribution in [3.63, 3.8) is 0 Å². The smallest absolute Gasteiger partial charge is 0.407 e. The average Bonchev–Trinajstić information content (AvgIpc) is 2.77. The van der Waals surface area contributed by atoms with E-state index in [4.69, 9.17) is 25.8 Å². The Morgan fingerprint density at radius 1 is 1.06 bits per heavy atom. The zero-order valence-electron chi connectivity index (χ0n) is 21.0. The Morgan fingerprint density at radius 3 is 2.34 bits per heavy atom. The number of rotatable bonds is 11. The average molecular weight is 508 g/mol. The van der Waals surface area contributed by atoms with E-state index in [1.165, 1.54) is 12.1 Å². The van der Waals surface area contributed by atoms with Crippen molar-refractivity contribution in [1.82, 2.24) is 5.32 Å². The Kier molecular flexibility index (Phi) is 11.0. The normalized spacial score (nSPS) is 13.1. The minimum Gasteiger partial charge on any atom is -0.466 e. The van der Waals surface area contributed by atoms with Gasteiger partial charge in [-0.05, 0) is 76.8 Å². The van der Waals surface area contributed by atoms with Crippen molar-refractivity contribution in [3.05, 3.63) is 58.9 Å². The highest BCUT2D eigenvalue weighted by Crippen LogP contribution is 2.27. The second kappa shape index (κ2) is 13.4. The van der Waals surface area contributed by atoms with Gasteiger partial charge in [0.2, 0.25) is 0 Å². The van der Waals surface area contributed by atoms with Gasteiger partial charge in [-0.25, -0.2) is 9.18 Å². The van der Waals surface area contributed by atoms with Gasteiger partial charge >= 0.3 is 12.1 Å². The largest absolute Gasteiger partial charge is 0.466 e. The lowest BCUT2D eigenvalue weighted by Gasteiger charge is -2.26. The maximum Gasteiger partial charge on any atom is 0.407 e. The highest BCUT2D eigenvalue weighted by molar-refractivity contribution is 6.30. The second-order valence-electron chi connectivity index (χ2n) is 9.21. The molecule has 1 amide bonds. The van der Waals surface area contributed by atoms with Crippen LogP contribution < -0.4 is 5.32 Å². The summed E-state index contributed by atoms with van der Waals surface area (Å²) in [4.78, 5) is 25.0. The van der Waals surface area contributed by atoms with Gasteiger partial charge in [0.05, 0.1) is 19.1 Å². The van der Waals surface area contributed by atoms with E-state index in [2.05, 4.69) is 5.32 Å². The molecule has 0 fully saturated rings. The van der Waals surface area contributed by atoms with Crippen molar-refractivity contribution in [2.24, 2.45) is 5.92 Å². The van der Waals surface area contributed by atoms with E-state index in [0.717, 1.165) is 5.56 Å². The number of hydrogen-bond donors (Lipinski definition) is 1. The quantitative estimate of drug-likeness (QED) is 0.367. The fraction of sp³-hybridized carbons (Fsp3) is 0.481. The summed E-state index contributed by atoms with van der Waals surface area (Å²) in [6.45, 7) is 9.85. The van der Waals surface area contributed by atoms with Crippen LogP contribution >= 0.6 is 11.6 Å². The van der Waals surface area contributed by atoms with E-state index < -0.39 is 23.7 Å². The minimum absolute atomic E-state index is 0.189. The molecule has 6 nitrogen and oxygen atoms in total. The van der Waals surface area contributed by atoms with Crippen LogP contribution in [-0.4, -0.2) is 43.5 Å². The van der Waals surface area contributed by atoms with Crippen molar-refractivity contribution in [2.45, 2.75) is 59.1 Å². The van der Waals surface area contributed by atoms with Gasteiger partial charge in [-0.3, -0.25) is 4.79 Å². The lowest BCUT2D eigenvalue weighted by Crippen LogP contribution is -2.42. The third kappa shape index (κ3) is 9.86. The fourth-order valence-corrected chi connectivity index (χ4v) is 3.76. The van der Waals surface area contributed by atoms with Crippen molar-refractivity contribution in [2.75, 3.05) is 19.8 Å². The zero-order chi connectivity index (χ0) is 26.0.